The molecule has 0 amide bonds. The Balaban J connectivity index is 1.89. The number of hydrogen-bond acceptors (Lipinski definition) is 4. The molecule has 2 N–H and O–H groups in total. The second-order valence-electron chi connectivity index (χ2n) is 6.50. The summed E-state index contributed by atoms with van der Waals surface area (Å²) in [5.41, 5.74) is 2.79. The van der Waals surface area contributed by atoms with Crippen LogP contribution in [0.4, 0.5) is 5.69 Å². The number of pyridine rings is 1. The maximum absolute atomic E-state index is 6.18. The van der Waals surface area contributed by atoms with Crippen molar-refractivity contribution in [3.8, 4) is 5.75 Å². The van der Waals surface area contributed by atoms with Crippen LogP contribution in [0, 0.1) is 0 Å². The number of fused-ring (bicyclic) bond motifs is 2. The minimum absolute atomic E-state index is 0.372. The highest BCUT2D eigenvalue weighted by molar-refractivity contribution is 6.31. The Morgan fingerprint density at radius 2 is 2.00 bits per heavy atom. The molecule has 6 heteroatoms. The molecule has 0 saturated heterocycles. The number of hydrogen-bond donors (Lipinski definition) is 2. The van der Waals surface area contributed by atoms with Crippen LogP contribution in [0.2, 0.25) is 5.02 Å². The molecule has 2 aromatic carbocycles. The molecule has 3 rings (SSSR count). The highest BCUT2D eigenvalue weighted by atomic mass is 35.5. The fourth-order valence-corrected chi connectivity index (χ4v) is 3.70. The van der Waals surface area contributed by atoms with Crippen molar-refractivity contribution in [2.45, 2.75) is 25.8 Å². The molecule has 0 aliphatic carbocycles. The highest BCUT2D eigenvalue weighted by Gasteiger charge is 2.13. The molecule has 0 bridgehead atoms. The first-order chi connectivity index (χ1) is 13.2. The molecule has 0 radical (unpaired) electrons. The van der Waals surface area contributed by atoms with Gasteiger partial charge in [-0.25, -0.2) is 4.98 Å². The van der Waals surface area contributed by atoms with Gasteiger partial charge in [0.1, 0.15) is 5.75 Å². The van der Waals surface area contributed by atoms with Gasteiger partial charge in [-0.1, -0.05) is 24.6 Å². The van der Waals surface area contributed by atoms with Crippen molar-refractivity contribution in [1.82, 2.24) is 10.3 Å². The predicted molar refractivity (Wildman–Crippen MR) is 117 cm³/mol. The fraction of sp³-hybridized carbons (Fsp3) is 0.381. The van der Waals surface area contributed by atoms with Gasteiger partial charge in [0.15, 0.2) is 0 Å². The number of rotatable bonds is 9. The number of benzene rings is 2. The molecule has 1 aromatic heterocycles. The number of nitrogens with one attached hydrogen (secondary N) is 2. The van der Waals surface area contributed by atoms with Gasteiger partial charge in [0.05, 0.1) is 29.2 Å². The maximum atomic E-state index is 6.18. The van der Waals surface area contributed by atoms with Gasteiger partial charge in [0, 0.05) is 28.9 Å². The Bertz CT molecular complexity index is 913. The van der Waals surface area contributed by atoms with Crippen LogP contribution in [0.25, 0.3) is 21.8 Å². The summed E-state index contributed by atoms with van der Waals surface area (Å²) in [5.74, 6) is 1.45. The van der Waals surface area contributed by atoms with Crippen LogP contribution in [0.3, 0.4) is 0 Å². The lowest BCUT2D eigenvalue weighted by molar-refractivity contribution is 0.420. The van der Waals surface area contributed by atoms with Gasteiger partial charge in [-0.2, -0.15) is 0 Å². The van der Waals surface area contributed by atoms with Crippen molar-refractivity contribution in [2.24, 2.45) is 0 Å². The number of nitrogens with zero attached hydrogens (tertiary/aromatic N) is 1. The molecule has 1 unspecified atom stereocenters. The molecule has 27 heavy (non-hydrogen) atoms. The van der Waals surface area contributed by atoms with E-state index in [0.29, 0.717) is 16.9 Å². The maximum Gasteiger partial charge on any atom is 0.130 e. The summed E-state index contributed by atoms with van der Waals surface area (Å²) in [7, 11) is 1.69. The third-order valence-corrected chi connectivity index (χ3v) is 5.32. The summed E-state index contributed by atoms with van der Waals surface area (Å²) in [6.45, 7) is 3.90. The normalized spacial score (nSPS) is 12.4. The zero-order valence-corrected chi connectivity index (χ0v) is 17.2. The summed E-state index contributed by atoms with van der Waals surface area (Å²) in [5, 5.41) is 9.80. The standard InChI is InChI=1S/C21H25Cl2N3O/c1-3-15(13-22)24-10-5-11-25-21-16-9-8-14(23)12-18(16)26-17-6-4-7-19(27-2)20(17)21/h4,6-9,12,15,24H,3,5,10-11,13H2,1-2H3,(H,25,26). The largest absolute Gasteiger partial charge is 0.496 e. The Hall–Kier alpha value is -1.75. The molecule has 4 nitrogen and oxygen atoms in total. The third kappa shape index (κ3) is 4.57. The van der Waals surface area contributed by atoms with Gasteiger partial charge in [-0.05, 0) is 49.7 Å². The average Bonchev–Trinajstić information content (AvgIpc) is 2.69. The number of anilines is 1. The van der Waals surface area contributed by atoms with E-state index in [-0.39, 0.29) is 0 Å². The topological polar surface area (TPSA) is 46.2 Å². The molecule has 0 spiro atoms. The summed E-state index contributed by atoms with van der Waals surface area (Å²) in [6.07, 6.45) is 2.02. The molecule has 0 saturated carbocycles. The highest BCUT2D eigenvalue weighted by Crippen LogP contribution is 2.37. The van der Waals surface area contributed by atoms with Crippen molar-refractivity contribution in [1.29, 1.82) is 0 Å². The van der Waals surface area contributed by atoms with E-state index in [2.05, 4.69) is 17.6 Å². The van der Waals surface area contributed by atoms with Crippen molar-refractivity contribution < 1.29 is 4.74 Å². The number of alkyl halides is 1. The van der Waals surface area contributed by atoms with E-state index in [4.69, 9.17) is 32.9 Å². The average molecular weight is 406 g/mol. The van der Waals surface area contributed by atoms with Crippen molar-refractivity contribution in [3.05, 3.63) is 41.4 Å². The van der Waals surface area contributed by atoms with Gasteiger partial charge in [-0.15, -0.1) is 11.6 Å². The second kappa shape index (κ2) is 9.45. The smallest absolute Gasteiger partial charge is 0.130 e. The molecule has 1 heterocycles. The van der Waals surface area contributed by atoms with Crippen LogP contribution in [0.1, 0.15) is 19.8 Å². The molecule has 0 fully saturated rings. The first-order valence-corrected chi connectivity index (χ1v) is 10.2. The van der Waals surface area contributed by atoms with Crippen LogP contribution in [-0.4, -0.2) is 37.1 Å². The minimum Gasteiger partial charge on any atom is -0.496 e. The summed E-state index contributed by atoms with van der Waals surface area (Å²) in [6, 6.07) is 12.1. The van der Waals surface area contributed by atoms with Gasteiger partial charge >= 0.3 is 0 Å². The number of halogens is 2. The lowest BCUT2D eigenvalue weighted by atomic mass is 10.1. The summed E-state index contributed by atoms with van der Waals surface area (Å²) < 4.78 is 5.60. The minimum atomic E-state index is 0.372. The van der Waals surface area contributed by atoms with Crippen LogP contribution in [0.15, 0.2) is 36.4 Å². The quantitative estimate of drug-likeness (QED) is 0.282. The summed E-state index contributed by atoms with van der Waals surface area (Å²) in [4.78, 5) is 4.77. The molecule has 144 valence electrons. The Kier molecular flexibility index (Phi) is 7.00. The van der Waals surface area contributed by atoms with Crippen molar-refractivity contribution in [3.63, 3.8) is 0 Å². The van der Waals surface area contributed by atoms with Crippen LogP contribution in [-0.2, 0) is 0 Å². The molecule has 1 atom stereocenters. The SMILES string of the molecule is CCC(CCl)NCCCNc1c2ccc(Cl)cc2nc2cccc(OC)c12. The van der Waals surface area contributed by atoms with Gasteiger partial charge in [-0.3, -0.25) is 0 Å². The van der Waals surface area contributed by atoms with E-state index < -0.39 is 0 Å². The van der Waals surface area contributed by atoms with Crippen LogP contribution < -0.4 is 15.4 Å². The molecule has 3 aromatic rings. The Morgan fingerprint density at radius 3 is 2.74 bits per heavy atom. The molecule has 0 aliphatic heterocycles. The van der Waals surface area contributed by atoms with E-state index in [9.17, 15) is 0 Å². The molecular weight excluding hydrogens is 381 g/mol. The Morgan fingerprint density at radius 1 is 1.15 bits per heavy atom. The van der Waals surface area contributed by atoms with Crippen LogP contribution in [0.5, 0.6) is 5.75 Å². The first-order valence-electron chi connectivity index (χ1n) is 9.27. The monoisotopic (exact) mass is 405 g/mol. The zero-order chi connectivity index (χ0) is 19.2. The molecule has 0 aliphatic rings. The second-order valence-corrected chi connectivity index (χ2v) is 7.24. The van der Waals surface area contributed by atoms with Gasteiger partial charge in [0.2, 0.25) is 0 Å². The van der Waals surface area contributed by atoms with Crippen LogP contribution >= 0.6 is 23.2 Å². The lowest BCUT2D eigenvalue weighted by Gasteiger charge is -2.17. The predicted octanol–water partition coefficient (Wildman–Crippen LogP) is 5.46. The van der Waals surface area contributed by atoms with E-state index in [0.717, 1.165) is 59.2 Å². The van der Waals surface area contributed by atoms with E-state index in [1.165, 1.54) is 0 Å². The summed E-state index contributed by atoms with van der Waals surface area (Å²) >= 11 is 12.1. The Labute approximate surface area is 170 Å². The van der Waals surface area contributed by atoms with Gasteiger partial charge in [0.25, 0.3) is 0 Å². The van der Waals surface area contributed by atoms with Gasteiger partial charge < -0.3 is 15.4 Å². The van der Waals surface area contributed by atoms with Crippen molar-refractivity contribution in [2.75, 3.05) is 31.4 Å². The zero-order valence-electron chi connectivity index (χ0n) is 15.7. The molecular formula is C21H25Cl2N3O. The first kappa shape index (κ1) is 20.0. The fourth-order valence-electron chi connectivity index (χ4n) is 3.21. The number of aromatic nitrogens is 1. The van der Waals surface area contributed by atoms with E-state index in [1.807, 2.05) is 36.4 Å². The van der Waals surface area contributed by atoms with E-state index >= 15 is 0 Å². The number of ether oxygens (including phenoxy) is 1. The van der Waals surface area contributed by atoms with E-state index in [1.54, 1.807) is 7.11 Å². The third-order valence-electron chi connectivity index (χ3n) is 4.71. The number of methoxy groups -OCH3 is 1. The van der Waals surface area contributed by atoms with Crippen molar-refractivity contribution >= 4 is 50.7 Å². The lowest BCUT2D eigenvalue weighted by Crippen LogP contribution is -2.31.